The zero-order valence-electron chi connectivity index (χ0n) is 13.9. The molecule has 1 aromatic heterocycles. The molecule has 23 heavy (non-hydrogen) atoms. The minimum atomic E-state index is 0.149. The first-order valence-corrected chi connectivity index (χ1v) is 8.68. The van der Waals surface area contributed by atoms with Crippen molar-refractivity contribution >= 4 is 11.9 Å². The summed E-state index contributed by atoms with van der Waals surface area (Å²) in [5, 5.41) is 12.3. The van der Waals surface area contributed by atoms with Crippen molar-refractivity contribution in [3.8, 4) is 0 Å². The van der Waals surface area contributed by atoms with Crippen LogP contribution in [0.5, 0.6) is 0 Å². The third-order valence-electron chi connectivity index (χ3n) is 4.77. The number of carbonyl (C=O) groups excluding carboxylic acids is 1. The molecule has 0 atom stereocenters. The number of rotatable bonds is 4. The molecule has 7 heteroatoms. The summed E-state index contributed by atoms with van der Waals surface area (Å²) < 4.78 is 1.92. The molecule has 1 saturated heterocycles. The topological polar surface area (TPSA) is 67.2 Å². The van der Waals surface area contributed by atoms with Gasteiger partial charge in [-0.25, -0.2) is 4.68 Å². The molecule has 0 radical (unpaired) electrons. The van der Waals surface area contributed by atoms with Gasteiger partial charge in [0.05, 0.1) is 6.54 Å². The first kappa shape index (κ1) is 16.0. The predicted octanol–water partition coefficient (Wildman–Crippen LogP) is 1.62. The zero-order chi connectivity index (χ0) is 16.1. The van der Waals surface area contributed by atoms with E-state index in [0.717, 1.165) is 51.5 Å². The van der Waals surface area contributed by atoms with Crippen molar-refractivity contribution < 1.29 is 4.79 Å². The van der Waals surface area contributed by atoms with Crippen LogP contribution in [0.3, 0.4) is 0 Å². The van der Waals surface area contributed by atoms with Crippen LogP contribution in [-0.2, 0) is 11.3 Å². The molecule has 0 bridgehead atoms. The van der Waals surface area contributed by atoms with Crippen LogP contribution in [0.4, 0.5) is 5.95 Å². The Morgan fingerprint density at radius 1 is 1.17 bits per heavy atom. The number of anilines is 1. The van der Waals surface area contributed by atoms with Gasteiger partial charge in [0, 0.05) is 33.1 Å². The molecule has 0 aromatic carbocycles. The van der Waals surface area contributed by atoms with E-state index >= 15 is 0 Å². The highest BCUT2D eigenvalue weighted by Crippen LogP contribution is 2.21. The number of tetrazole rings is 1. The monoisotopic (exact) mass is 318 g/mol. The summed E-state index contributed by atoms with van der Waals surface area (Å²) in [4.78, 5) is 15.7. The number of aryl methyl sites for hydroxylation is 1. The minimum absolute atomic E-state index is 0.149. The van der Waals surface area contributed by atoms with Gasteiger partial charge in [-0.2, -0.15) is 0 Å². The lowest BCUT2D eigenvalue weighted by Gasteiger charge is -2.22. The maximum atomic E-state index is 11.5. The number of hydrogen-bond acceptors (Lipinski definition) is 5. The summed E-state index contributed by atoms with van der Waals surface area (Å²) in [5.74, 6) is 0.988. The molecule has 0 saturated carbocycles. The van der Waals surface area contributed by atoms with Crippen molar-refractivity contribution in [3.63, 3.8) is 0 Å². The van der Waals surface area contributed by atoms with Crippen molar-refractivity contribution in [3.05, 3.63) is 11.6 Å². The first-order chi connectivity index (χ1) is 11.2. The van der Waals surface area contributed by atoms with Gasteiger partial charge in [-0.05, 0) is 49.0 Å². The summed E-state index contributed by atoms with van der Waals surface area (Å²) >= 11 is 0. The van der Waals surface area contributed by atoms with E-state index in [0.29, 0.717) is 0 Å². The summed E-state index contributed by atoms with van der Waals surface area (Å²) in [6, 6.07) is 0. The molecule has 1 fully saturated rings. The molecule has 0 N–H and O–H groups in total. The highest BCUT2D eigenvalue weighted by Gasteiger charge is 2.21. The van der Waals surface area contributed by atoms with E-state index in [1.165, 1.54) is 31.3 Å². The summed E-state index contributed by atoms with van der Waals surface area (Å²) in [6.45, 7) is 5.72. The van der Waals surface area contributed by atoms with Crippen LogP contribution < -0.4 is 4.90 Å². The van der Waals surface area contributed by atoms with Crippen molar-refractivity contribution in [1.29, 1.82) is 0 Å². The Hall–Kier alpha value is -1.92. The molecule has 1 aromatic rings. The van der Waals surface area contributed by atoms with Crippen molar-refractivity contribution in [1.82, 2.24) is 25.1 Å². The second-order valence-electron chi connectivity index (χ2n) is 6.41. The van der Waals surface area contributed by atoms with E-state index in [4.69, 9.17) is 0 Å². The third-order valence-corrected chi connectivity index (χ3v) is 4.77. The Morgan fingerprint density at radius 2 is 2.09 bits per heavy atom. The second-order valence-corrected chi connectivity index (χ2v) is 6.41. The van der Waals surface area contributed by atoms with E-state index in [2.05, 4.69) is 26.5 Å². The van der Waals surface area contributed by atoms with Crippen LogP contribution in [0, 0.1) is 0 Å². The van der Waals surface area contributed by atoms with Crippen molar-refractivity contribution in [2.24, 2.45) is 0 Å². The van der Waals surface area contributed by atoms with Crippen molar-refractivity contribution in [2.75, 3.05) is 31.1 Å². The van der Waals surface area contributed by atoms with E-state index in [1.54, 1.807) is 6.92 Å². The molecule has 0 spiro atoms. The predicted molar refractivity (Wildman–Crippen MR) is 88.1 cm³/mol. The fourth-order valence-electron chi connectivity index (χ4n) is 3.38. The summed E-state index contributed by atoms with van der Waals surface area (Å²) in [5.41, 5.74) is 1.54. The fraction of sp³-hybridized carbons (Fsp3) is 0.750. The third kappa shape index (κ3) is 4.09. The maximum absolute atomic E-state index is 11.5. The fourth-order valence-corrected chi connectivity index (χ4v) is 3.38. The summed E-state index contributed by atoms with van der Waals surface area (Å²) in [6.07, 6.45) is 9.42. The van der Waals surface area contributed by atoms with Gasteiger partial charge in [0.15, 0.2) is 0 Å². The van der Waals surface area contributed by atoms with Crippen LogP contribution in [0.25, 0.3) is 0 Å². The number of hydrogen-bond donors (Lipinski definition) is 0. The minimum Gasteiger partial charge on any atom is -0.341 e. The number of aromatic nitrogens is 4. The van der Waals surface area contributed by atoms with Crippen LogP contribution >= 0.6 is 0 Å². The Kier molecular flexibility index (Phi) is 5.25. The molecule has 126 valence electrons. The molecule has 1 aliphatic carbocycles. The van der Waals surface area contributed by atoms with E-state index in [9.17, 15) is 4.79 Å². The molecule has 2 aliphatic rings. The number of allylic oxidation sites excluding steroid dienone is 2. The number of carbonyl (C=O) groups is 1. The molecular formula is C16H26N6O. The molecule has 1 amide bonds. The smallest absolute Gasteiger partial charge is 0.245 e. The average molecular weight is 318 g/mol. The second kappa shape index (κ2) is 7.57. The Labute approximate surface area is 137 Å². The normalized spacial score (nSPS) is 19.4. The standard InChI is InChI=1S/C16H26N6O/c1-14(23)20-9-5-10-21(13-12-20)16-17-18-19-22(16)11-8-15-6-3-2-4-7-15/h6H,2-5,7-13H2,1H3. The van der Waals surface area contributed by atoms with Gasteiger partial charge in [0.2, 0.25) is 11.9 Å². The van der Waals surface area contributed by atoms with E-state index in [-0.39, 0.29) is 5.91 Å². The molecule has 2 heterocycles. The van der Waals surface area contributed by atoms with Crippen LogP contribution in [0.1, 0.15) is 45.4 Å². The summed E-state index contributed by atoms with van der Waals surface area (Å²) in [7, 11) is 0. The van der Waals surface area contributed by atoms with Gasteiger partial charge in [0.1, 0.15) is 0 Å². The largest absolute Gasteiger partial charge is 0.341 e. The molecule has 3 rings (SSSR count). The van der Waals surface area contributed by atoms with E-state index in [1.807, 2.05) is 9.58 Å². The Balaban J connectivity index is 1.61. The van der Waals surface area contributed by atoms with Crippen LogP contribution in [0.15, 0.2) is 11.6 Å². The van der Waals surface area contributed by atoms with Gasteiger partial charge in [0.25, 0.3) is 0 Å². The van der Waals surface area contributed by atoms with Crippen LogP contribution in [-0.4, -0.2) is 57.2 Å². The Bertz CT molecular complexity index is 567. The van der Waals surface area contributed by atoms with Gasteiger partial charge >= 0.3 is 0 Å². The SMILES string of the molecule is CC(=O)N1CCCN(c2nnnn2CCC2=CCCCC2)CC1. The molecule has 1 aliphatic heterocycles. The van der Waals surface area contributed by atoms with Gasteiger partial charge in [-0.3, -0.25) is 4.79 Å². The molecule has 7 nitrogen and oxygen atoms in total. The Morgan fingerprint density at radius 3 is 2.87 bits per heavy atom. The molecule has 0 unspecified atom stereocenters. The first-order valence-electron chi connectivity index (χ1n) is 8.68. The molecular weight excluding hydrogens is 292 g/mol. The zero-order valence-corrected chi connectivity index (χ0v) is 13.9. The van der Waals surface area contributed by atoms with E-state index < -0.39 is 0 Å². The average Bonchev–Trinajstić information content (AvgIpc) is 2.89. The van der Waals surface area contributed by atoms with Gasteiger partial charge in [-0.15, -0.1) is 0 Å². The number of nitrogens with zero attached hydrogens (tertiary/aromatic N) is 6. The maximum Gasteiger partial charge on any atom is 0.245 e. The lowest BCUT2D eigenvalue weighted by Crippen LogP contribution is -2.34. The number of amides is 1. The van der Waals surface area contributed by atoms with Gasteiger partial charge in [-0.1, -0.05) is 16.7 Å². The quantitative estimate of drug-likeness (QED) is 0.789. The highest BCUT2D eigenvalue weighted by molar-refractivity contribution is 5.73. The van der Waals surface area contributed by atoms with Gasteiger partial charge < -0.3 is 9.80 Å². The lowest BCUT2D eigenvalue weighted by atomic mass is 9.97. The lowest BCUT2D eigenvalue weighted by molar-refractivity contribution is -0.128. The van der Waals surface area contributed by atoms with Crippen LogP contribution in [0.2, 0.25) is 0 Å². The van der Waals surface area contributed by atoms with Crippen molar-refractivity contribution in [2.45, 2.75) is 52.0 Å². The highest BCUT2D eigenvalue weighted by atomic mass is 16.2.